The van der Waals surface area contributed by atoms with Crippen molar-refractivity contribution in [3.05, 3.63) is 65.9 Å². The van der Waals surface area contributed by atoms with Gasteiger partial charge in [0.1, 0.15) is 11.7 Å². The molecule has 0 saturated heterocycles. The van der Waals surface area contributed by atoms with Crippen molar-refractivity contribution in [1.82, 2.24) is 24.9 Å². The molecule has 0 aromatic carbocycles. The molecule has 7 nitrogen and oxygen atoms in total. The van der Waals surface area contributed by atoms with Crippen LogP contribution in [0.15, 0.2) is 49.2 Å². The van der Waals surface area contributed by atoms with Gasteiger partial charge in [0.2, 0.25) is 5.95 Å². The van der Waals surface area contributed by atoms with Gasteiger partial charge in [0.05, 0.1) is 23.0 Å². The molecule has 4 heterocycles. The lowest BCUT2D eigenvalue weighted by Crippen LogP contribution is -2.06. The summed E-state index contributed by atoms with van der Waals surface area (Å²) < 4.78 is 39.3. The van der Waals surface area contributed by atoms with E-state index in [2.05, 4.69) is 30.2 Å². The molecule has 0 aliphatic heterocycles. The SMILES string of the molecule is N#Cc1cnc(NCc2cccnc2)nc1-c1c[nH]c2ncc(C(F)(F)F)cc12. The highest BCUT2D eigenvalue weighted by molar-refractivity contribution is 5.94. The number of halogens is 3. The molecule has 0 spiro atoms. The first kappa shape index (κ1) is 18.4. The monoisotopic (exact) mass is 395 g/mol. The fraction of sp³-hybridized carbons (Fsp3) is 0.105. The van der Waals surface area contributed by atoms with Gasteiger partial charge in [0.15, 0.2) is 0 Å². The fourth-order valence-corrected chi connectivity index (χ4v) is 2.79. The maximum absolute atomic E-state index is 13.1. The van der Waals surface area contributed by atoms with Crippen molar-refractivity contribution in [2.75, 3.05) is 5.32 Å². The third kappa shape index (κ3) is 3.70. The van der Waals surface area contributed by atoms with E-state index in [1.54, 1.807) is 18.5 Å². The number of nitriles is 1. The number of rotatable bonds is 4. The van der Waals surface area contributed by atoms with Crippen LogP contribution in [0.1, 0.15) is 16.7 Å². The van der Waals surface area contributed by atoms with E-state index in [1.807, 2.05) is 12.1 Å². The van der Waals surface area contributed by atoms with Gasteiger partial charge in [-0.1, -0.05) is 6.07 Å². The lowest BCUT2D eigenvalue weighted by molar-refractivity contribution is -0.137. The average molecular weight is 395 g/mol. The molecule has 0 unspecified atom stereocenters. The summed E-state index contributed by atoms with van der Waals surface area (Å²) in [5, 5.41) is 12.6. The summed E-state index contributed by atoms with van der Waals surface area (Å²) in [5.41, 5.74) is 0.961. The van der Waals surface area contributed by atoms with Crippen molar-refractivity contribution in [1.29, 1.82) is 5.26 Å². The molecule has 0 fully saturated rings. The van der Waals surface area contributed by atoms with Gasteiger partial charge in [-0.2, -0.15) is 18.4 Å². The van der Waals surface area contributed by atoms with Crippen molar-refractivity contribution < 1.29 is 13.2 Å². The van der Waals surface area contributed by atoms with Crippen molar-refractivity contribution in [3.63, 3.8) is 0 Å². The van der Waals surface area contributed by atoms with E-state index in [0.717, 1.165) is 17.8 Å². The van der Waals surface area contributed by atoms with Gasteiger partial charge in [-0.25, -0.2) is 15.0 Å². The van der Waals surface area contributed by atoms with Crippen LogP contribution in [-0.4, -0.2) is 24.9 Å². The number of H-pyrrole nitrogens is 1. The van der Waals surface area contributed by atoms with Gasteiger partial charge < -0.3 is 10.3 Å². The van der Waals surface area contributed by atoms with E-state index in [9.17, 15) is 18.4 Å². The molecule has 0 atom stereocenters. The Morgan fingerprint density at radius 2 is 2.03 bits per heavy atom. The third-order valence-corrected chi connectivity index (χ3v) is 4.20. The summed E-state index contributed by atoms with van der Waals surface area (Å²) in [5.74, 6) is 0.233. The van der Waals surface area contributed by atoms with Crippen LogP contribution >= 0.6 is 0 Å². The summed E-state index contributed by atoms with van der Waals surface area (Å²) in [6, 6.07) is 6.62. The minimum atomic E-state index is -4.53. The van der Waals surface area contributed by atoms with E-state index in [4.69, 9.17) is 0 Å². The molecular formula is C19H12F3N7. The second kappa shape index (κ2) is 7.20. The molecule has 0 aliphatic carbocycles. The lowest BCUT2D eigenvalue weighted by atomic mass is 10.1. The van der Waals surface area contributed by atoms with Crippen LogP contribution in [-0.2, 0) is 12.7 Å². The zero-order valence-corrected chi connectivity index (χ0v) is 14.7. The van der Waals surface area contributed by atoms with Gasteiger partial charge in [-0.05, 0) is 17.7 Å². The number of fused-ring (bicyclic) bond motifs is 1. The smallest absolute Gasteiger partial charge is 0.350 e. The second-order valence-electron chi connectivity index (χ2n) is 6.10. The number of nitrogens with one attached hydrogen (secondary N) is 2. The van der Waals surface area contributed by atoms with Gasteiger partial charge in [-0.15, -0.1) is 0 Å². The zero-order valence-electron chi connectivity index (χ0n) is 14.7. The number of anilines is 1. The molecule has 0 bridgehead atoms. The summed E-state index contributed by atoms with van der Waals surface area (Å²) in [6.45, 7) is 0.396. The van der Waals surface area contributed by atoms with Crippen LogP contribution in [0, 0.1) is 11.3 Å². The number of aromatic amines is 1. The van der Waals surface area contributed by atoms with Gasteiger partial charge in [-0.3, -0.25) is 4.98 Å². The Morgan fingerprint density at radius 3 is 2.76 bits per heavy atom. The molecule has 0 aliphatic rings. The van der Waals surface area contributed by atoms with E-state index in [1.165, 1.54) is 12.4 Å². The Balaban J connectivity index is 1.75. The minimum Gasteiger partial charge on any atom is -0.350 e. The van der Waals surface area contributed by atoms with Crippen LogP contribution in [0.5, 0.6) is 0 Å². The van der Waals surface area contributed by atoms with E-state index < -0.39 is 11.7 Å². The predicted molar refractivity (Wildman–Crippen MR) is 98.4 cm³/mol. The highest BCUT2D eigenvalue weighted by Crippen LogP contribution is 2.34. The predicted octanol–water partition coefficient (Wildman–Crippen LogP) is 3.92. The number of alkyl halides is 3. The van der Waals surface area contributed by atoms with Crippen LogP contribution in [0.3, 0.4) is 0 Å². The van der Waals surface area contributed by atoms with E-state index in [-0.39, 0.29) is 28.2 Å². The maximum atomic E-state index is 13.1. The molecule has 4 rings (SSSR count). The molecule has 0 amide bonds. The minimum absolute atomic E-state index is 0.134. The topological polar surface area (TPSA) is 103 Å². The van der Waals surface area contributed by atoms with Crippen LogP contribution in [0.2, 0.25) is 0 Å². The summed E-state index contributed by atoms with van der Waals surface area (Å²) >= 11 is 0. The first-order valence-corrected chi connectivity index (χ1v) is 8.40. The van der Waals surface area contributed by atoms with Crippen molar-refractivity contribution in [2.24, 2.45) is 0 Å². The molecule has 144 valence electrons. The van der Waals surface area contributed by atoms with Crippen molar-refractivity contribution in [2.45, 2.75) is 12.7 Å². The number of pyridine rings is 2. The Morgan fingerprint density at radius 1 is 1.17 bits per heavy atom. The van der Waals surface area contributed by atoms with Gasteiger partial charge >= 0.3 is 6.18 Å². The second-order valence-corrected chi connectivity index (χ2v) is 6.10. The summed E-state index contributed by atoms with van der Waals surface area (Å²) in [4.78, 5) is 19.1. The largest absolute Gasteiger partial charge is 0.417 e. The quantitative estimate of drug-likeness (QED) is 0.543. The molecule has 29 heavy (non-hydrogen) atoms. The number of nitrogens with zero attached hydrogens (tertiary/aromatic N) is 5. The van der Waals surface area contributed by atoms with E-state index in [0.29, 0.717) is 12.1 Å². The molecule has 0 radical (unpaired) electrons. The standard InChI is InChI=1S/C19H12F3N7/c20-19(21,22)13-4-14-15(10-26-17(14)25-9-13)16-12(5-23)8-28-18(29-16)27-7-11-2-1-3-24-6-11/h1-4,6,8-10H,7H2,(H,25,26)(H,27,28,29). The average Bonchev–Trinajstić information content (AvgIpc) is 3.15. The lowest BCUT2D eigenvalue weighted by Gasteiger charge is -2.09. The zero-order chi connectivity index (χ0) is 20.4. The summed E-state index contributed by atoms with van der Waals surface area (Å²) in [6.07, 6.45) is 2.37. The Labute approximate surface area is 162 Å². The molecule has 2 N–H and O–H groups in total. The highest BCUT2D eigenvalue weighted by atomic mass is 19.4. The van der Waals surface area contributed by atoms with Gasteiger partial charge in [0, 0.05) is 42.3 Å². The number of aromatic nitrogens is 5. The molecular weight excluding hydrogens is 383 g/mol. The normalized spacial score (nSPS) is 11.4. The summed E-state index contributed by atoms with van der Waals surface area (Å²) in [7, 11) is 0. The fourth-order valence-electron chi connectivity index (χ4n) is 2.79. The van der Waals surface area contributed by atoms with Crippen LogP contribution in [0.4, 0.5) is 19.1 Å². The van der Waals surface area contributed by atoms with Gasteiger partial charge in [0.25, 0.3) is 0 Å². The number of hydrogen-bond donors (Lipinski definition) is 2. The van der Waals surface area contributed by atoms with Crippen LogP contribution < -0.4 is 5.32 Å². The van der Waals surface area contributed by atoms with Crippen LogP contribution in [0.25, 0.3) is 22.3 Å². The van der Waals surface area contributed by atoms with E-state index >= 15 is 0 Å². The first-order valence-electron chi connectivity index (χ1n) is 8.40. The molecule has 10 heteroatoms. The third-order valence-electron chi connectivity index (χ3n) is 4.20. The number of hydrogen-bond acceptors (Lipinski definition) is 6. The van der Waals surface area contributed by atoms with Crippen molar-refractivity contribution >= 4 is 17.0 Å². The highest BCUT2D eigenvalue weighted by Gasteiger charge is 2.31. The maximum Gasteiger partial charge on any atom is 0.417 e. The Hall–Kier alpha value is -4.00. The molecule has 0 saturated carbocycles. The molecule has 4 aromatic rings. The Bertz CT molecular complexity index is 1210. The first-order chi connectivity index (χ1) is 14.0. The molecule has 4 aromatic heterocycles. The Kier molecular flexibility index (Phi) is 4.56. The van der Waals surface area contributed by atoms with Crippen molar-refractivity contribution in [3.8, 4) is 17.3 Å².